The topological polar surface area (TPSA) is 0 Å². The van der Waals surface area contributed by atoms with Crippen molar-refractivity contribution in [1.82, 2.24) is 0 Å². The minimum Gasteiger partial charge on any atom is -0.158 e. The summed E-state index contributed by atoms with van der Waals surface area (Å²) in [5, 5.41) is 0. The first-order chi connectivity index (χ1) is 3.18. The monoisotopic (exact) mass is 80.1 g/mol. The summed E-state index contributed by atoms with van der Waals surface area (Å²) >= 11 is 0. The van der Waals surface area contributed by atoms with E-state index in [1.807, 2.05) is 7.06 Å². The molecule has 0 aliphatic heterocycles. The van der Waals surface area contributed by atoms with E-state index in [1.54, 1.807) is 0 Å². The Balaban J connectivity index is 3.14. The maximum absolute atomic E-state index is 5.37. The van der Waals surface area contributed by atoms with Crippen molar-refractivity contribution in [2.24, 2.45) is 0 Å². The van der Waals surface area contributed by atoms with Crippen LogP contribution in [0.25, 0.3) is 0 Å². The minimum atomic E-state index is -0.350. The summed E-state index contributed by atoms with van der Waals surface area (Å²) in [6.45, 7) is 0. The highest BCUT2D eigenvalue weighted by molar-refractivity contribution is 7.81. The SMILES string of the molecule is [B]B([B])B([B])[B][BH3-]. The summed E-state index contributed by atoms with van der Waals surface area (Å²) in [4.78, 5) is 0. The molecule has 0 aliphatic rings. The third kappa shape index (κ3) is 3.07. The highest BCUT2D eigenvalue weighted by Crippen LogP contribution is 1.68. The minimum absolute atomic E-state index is 0.0556. The van der Waals surface area contributed by atoms with Crippen molar-refractivity contribution in [3.8, 4) is 0 Å². The zero-order valence-electron chi connectivity index (χ0n) is 3.46. The molecule has 0 bridgehead atoms. The third-order valence-corrected chi connectivity index (χ3v) is 0.444. The van der Waals surface area contributed by atoms with Gasteiger partial charge in [-0.25, -0.2) is 0 Å². The van der Waals surface area contributed by atoms with Crippen LogP contribution in [-0.4, -0.2) is 50.8 Å². The quantitative estimate of drug-likeness (QED) is 0.301. The molecular formula is H3B7-. The molecular weight excluding hydrogens is 75.7 g/mol. The Morgan fingerprint density at radius 3 is 1.71 bits per heavy atom. The first-order valence-corrected chi connectivity index (χ1v) is 1.67. The molecule has 7 heteroatoms. The van der Waals surface area contributed by atoms with Crippen LogP contribution in [0, 0.1) is 0 Å². The molecule has 0 heterocycles. The molecule has 7 radical (unpaired) electrons. The van der Waals surface area contributed by atoms with Crippen molar-refractivity contribution in [1.29, 1.82) is 0 Å². The molecule has 0 aromatic carbocycles. The van der Waals surface area contributed by atoms with Crippen LogP contribution in [0.5, 0.6) is 0 Å². The molecule has 0 saturated heterocycles. The zero-order valence-corrected chi connectivity index (χ0v) is 3.46. The van der Waals surface area contributed by atoms with Crippen molar-refractivity contribution in [3.63, 3.8) is 0 Å². The van der Waals surface area contributed by atoms with Gasteiger partial charge in [-0.2, -0.15) is 7.06 Å². The van der Waals surface area contributed by atoms with Gasteiger partial charge in [0.15, 0.2) is 0 Å². The van der Waals surface area contributed by atoms with Gasteiger partial charge in [-0.15, -0.1) is 0 Å². The van der Waals surface area contributed by atoms with E-state index in [4.69, 9.17) is 23.2 Å². The third-order valence-electron chi connectivity index (χ3n) is 0.444. The van der Waals surface area contributed by atoms with Crippen molar-refractivity contribution in [3.05, 3.63) is 0 Å². The average molecular weight is 78.7 g/mol. The Hall–Kier alpha value is 0.455. The van der Waals surface area contributed by atoms with Gasteiger partial charge in [0.1, 0.15) is 0 Å². The molecule has 0 spiro atoms. The predicted molar refractivity (Wildman–Crippen MR) is 44.5 cm³/mol. The summed E-state index contributed by atoms with van der Waals surface area (Å²) in [5.41, 5.74) is 0. The second-order valence-corrected chi connectivity index (χ2v) is 1.15. The molecule has 0 N–H and O–H groups in total. The smallest absolute Gasteiger partial charge is 0.000101 e. The van der Waals surface area contributed by atoms with E-state index in [1.165, 1.54) is 0 Å². The van der Waals surface area contributed by atoms with Crippen molar-refractivity contribution < 1.29 is 0 Å². The molecule has 0 aromatic heterocycles. The van der Waals surface area contributed by atoms with E-state index >= 15 is 0 Å². The van der Waals surface area contributed by atoms with E-state index in [2.05, 4.69) is 0 Å². The molecule has 0 amide bonds. The Kier molecular flexibility index (Phi) is 3.68. The van der Waals surface area contributed by atoms with E-state index in [9.17, 15) is 0 Å². The van der Waals surface area contributed by atoms with Crippen LogP contribution in [0.2, 0.25) is 0 Å². The average Bonchev–Trinajstić information content (AvgIpc) is 1.65. The maximum atomic E-state index is 5.37. The van der Waals surface area contributed by atoms with Crippen LogP contribution in [0.15, 0.2) is 0 Å². The molecule has 25 valence electrons. The lowest BCUT2D eigenvalue weighted by atomic mass is 8.76. The van der Waals surface area contributed by atoms with Crippen LogP contribution < -0.4 is 0 Å². The van der Waals surface area contributed by atoms with E-state index in [0.717, 1.165) is 0 Å². The van der Waals surface area contributed by atoms with Gasteiger partial charge in [-0.1, -0.05) is 7.74 Å². The molecule has 0 aromatic rings. The number of hydrogen-bond donors (Lipinski definition) is 0. The van der Waals surface area contributed by atoms with E-state index in [-0.39, 0.29) is 20.5 Å². The summed E-state index contributed by atoms with van der Waals surface area (Å²) in [7, 11) is 18.1. The fourth-order valence-corrected chi connectivity index (χ4v) is 0. The molecule has 0 aliphatic carbocycles. The van der Waals surface area contributed by atoms with Gasteiger partial charge in [-0.05, 0) is 36.0 Å². The highest BCUT2D eigenvalue weighted by Gasteiger charge is 2.02. The van der Waals surface area contributed by atoms with Crippen molar-refractivity contribution >= 4 is 50.8 Å². The Morgan fingerprint density at radius 1 is 1.29 bits per heavy atom. The van der Waals surface area contributed by atoms with Gasteiger partial charge in [0, 0.05) is 0 Å². The Morgan fingerprint density at radius 2 is 1.71 bits per heavy atom. The zero-order chi connectivity index (χ0) is 5.86. The second-order valence-electron chi connectivity index (χ2n) is 1.15. The normalized spacial score (nSPS) is 7.57. The van der Waals surface area contributed by atoms with Gasteiger partial charge in [0.25, 0.3) is 0 Å². The lowest BCUT2D eigenvalue weighted by Gasteiger charge is -2.09. The van der Waals surface area contributed by atoms with E-state index < -0.39 is 0 Å². The summed E-state index contributed by atoms with van der Waals surface area (Å²) in [6.07, 6.45) is -0.405. The fraction of sp³-hybridized carbons (Fsp3) is 0. The summed E-state index contributed by atoms with van der Waals surface area (Å²) < 4.78 is 0. The van der Waals surface area contributed by atoms with E-state index in [0.29, 0.717) is 0 Å². The molecule has 0 rings (SSSR count). The van der Waals surface area contributed by atoms with Gasteiger partial charge in [0.05, 0.1) is 0 Å². The van der Waals surface area contributed by atoms with Crippen LogP contribution in [0.1, 0.15) is 0 Å². The maximum Gasteiger partial charge on any atom is -0.000101 e. The molecule has 0 saturated carbocycles. The second kappa shape index (κ2) is 3.46. The lowest BCUT2D eigenvalue weighted by Crippen LogP contribution is -2.43. The van der Waals surface area contributed by atoms with Gasteiger partial charge in [-0.3, -0.25) is 0 Å². The molecule has 7 heavy (non-hydrogen) atoms. The fourth-order valence-electron chi connectivity index (χ4n) is 0. The first kappa shape index (κ1) is 7.45. The molecule has 0 unspecified atom stereocenters. The van der Waals surface area contributed by atoms with Crippen LogP contribution in [-0.2, 0) is 0 Å². The Labute approximate surface area is 51.5 Å². The van der Waals surface area contributed by atoms with Crippen LogP contribution in [0.3, 0.4) is 0 Å². The van der Waals surface area contributed by atoms with Crippen LogP contribution >= 0.6 is 0 Å². The largest absolute Gasteiger partial charge is 0.158 e. The highest BCUT2D eigenvalue weighted by atomic mass is 12.9. The van der Waals surface area contributed by atoms with Crippen molar-refractivity contribution in [2.45, 2.75) is 0 Å². The number of rotatable bonds is 2. The summed E-state index contributed by atoms with van der Waals surface area (Å²) in [6, 6.07) is 0. The van der Waals surface area contributed by atoms with Crippen LogP contribution in [0.4, 0.5) is 0 Å². The molecule has 0 nitrogen and oxygen atoms in total. The van der Waals surface area contributed by atoms with Gasteiger partial charge >= 0.3 is 0 Å². The summed E-state index contributed by atoms with van der Waals surface area (Å²) in [5.74, 6) is 0. The molecule has 0 fully saturated rings. The van der Waals surface area contributed by atoms with Gasteiger partial charge < -0.3 is 0 Å². The Bertz CT molecular complexity index is 37.3. The standard InChI is InChI=1S/B7H3/c1-5-7(4)6(2)3/h1H3/q-1. The molecule has 0 atom stereocenters. The first-order valence-electron chi connectivity index (χ1n) is 1.67. The van der Waals surface area contributed by atoms with Gasteiger partial charge in [0.2, 0.25) is 0 Å². The lowest BCUT2D eigenvalue weighted by molar-refractivity contribution is 3.70. The predicted octanol–water partition coefficient (Wildman–Crippen LogP) is -3.47. The van der Waals surface area contributed by atoms with Crippen molar-refractivity contribution in [2.75, 3.05) is 0 Å². The number of hydrogen-bond acceptors (Lipinski definition) is 0.